The number of carbonyl (C=O) groups is 3. The molecule has 6 nitrogen and oxygen atoms in total. The molecule has 1 atom stereocenters. The minimum absolute atomic E-state index is 0.0539. The maximum Gasteiger partial charge on any atom is 0.228 e. The van der Waals surface area contributed by atoms with Crippen molar-refractivity contribution in [3.8, 4) is 11.3 Å². The topological polar surface area (TPSA) is 88.2 Å². The van der Waals surface area contributed by atoms with E-state index in [1.54, 1.807) is 0 Å². The van der Waals surface area contributed by atoms with Crippen molar-refractivity contribution < 1.29 is 14.4 Å². The molecule has 3 aromatic rings. The summed E-state index contributed by atoms with van der Waals surface area (Å²) in [5.41, 5.74) is 3.31. The number of nitrogens with zero attached hydrogens (tertiary/aromatic N) is 1. The molecule has 1 unspecified atom stereocenters. The van der Waals surface area contributed by atoms with Crippen LogP contribution < -0.4 is 10.6 Å². The molecule has 2 aromatic carbocycles. The summed E-state index contributed by atoms with van der Waals surface area (Å²) in [7, 11) is 0. The first-order chi connectivity index (χ1) is 14.3. The number of carbonyl (C=O) groups excluding carboxylic acids is 3. The maximum atomic E-state index is 12.7. The second-order valence-electron chi connectivity index (χ2n) is 7.04. The van der Waals surface area contributed by atoms with E-state index in [4.69, 9.17) is 0 Å². The number of thiazole rings is 1. The van der Waals surface area contributed by atoms with Crippen molar-refractivity contribution in [2.45, 2.75) is 33.2 Å². The third-order valence-electron chi connectivity index (χ3n) is 4.49. The fourth-order valence-electron chi connectivity index (χ4n) is 3.06. The van der Waals surface area contributed by atoms with Crippen LogP contribution in [0.5, 0.6) is 0 Å². The zero-order chi connectivity index (χ0) is 21.7. The summed E-state index contributed by atoms with van der Waals surface area (Å²) in [5, 5.41) is 5.96. The van der Waals surface area contributed by atoms with Crippen molar-refractivity contribution in [3.05, 3.63) is 70.6 Å². The van der Waals surface area contributed by atoms with Gasteiger partial charge in [0.2, 0.25) is 11.8 Å². The third kappa shape index (κ3) is 5.39. The van der Waals surface area contributed by atoms with E-state index in [0.717, 1.165) is 28.0 Å². The van der Waals surface area contributed by atoms with Crippen molar-refractivity contribution in [2.75, 3.05) is 5.32 Å². The van der Waals surface area contributed by atoms with Gasteiger partial charge in [0.1, 0.15) is 0 Å². The van der Waals surface area contributed by atoms with Crippen LogP contribution in [0.25, 0.3) is 11.3 Å². The second kappa shape index (κ2) is 9.45. The summed E-state index contributed by atoms with van der Waals surface area (Å²) in [5.74, 6) is -0.617. The SMILES string of the molecule is CC(=O)NC(CC(=O)Nc1nc(-c2ccccc2)c(C(C)=O)s1)c1ccc(C)cc1. The van der Waals surface area contributed by atoms with Gasteiger partial charge in [-0.25, -0.2) is 4.98 Å². The Hall–Kier alpha value is -3.32. The Labute approximate surface area is 179 Å². The van der Waals surface area contributed by atoms with Crippen LogP contribution in [0.1, 0.15) is 47.1 Å². The number of benzene rings is 2. The standard InChI is InChI=1S/C23H23N3O3S/c1-14-9-11-17(12-10-14)19(24-16(3)28)13-20(29)25-23-26-21(22(30-23)15(2)27)18-7-5-4-6-8-18/h4-12,19H,13H2,1-3H3,(H,24,28)(H,25,26,29). The van der Waals surface area contributed by atoms with Crippen LogP contribution in [0.3, 0.4) is 0 Å². The molecule has 7 heteroatoms. The Balaban J connectivity index is 1.79. The van der Waals surface area contributed by atoms with Crippen LogP contribution in [0.15, 0.2) is 54.6 Å². The van der Waals surface area contributed by atoms with Gasteiger partial charge in [0, 0.05) is 19.4 Å². The highest BCUT2D eigenvalue weighted by molar-refractivity contribution is 7.18. The molecule has 0 saturated heterocycles. The molecule has 0 aliphatic carbocycles. The highest BCUT2D eigenvalue weighted by atomic mass is 32.1. The number of amides is 2. The first kappa shape index (κ1) is 21.4. The molecule has 1 aromatic heterocycles. The smallest absolute Gasteiger partial charge is 0.228 e. The lowest BCUT2D eigenvalue weighted by Crippen LogP contribution is -2.29. The summed E-state index contributed by atoms with van der Waals surface area (Å²) in [6, 6.07) is 16.6. The number of anilines is 1. The molecule has 0 fully saturated rings. The van der Waals surface area contributed by atoms with Gasteiger partial charge in [-0.1, -0.05) is 71.5 Å². The van der Waals surface area contributed by atoms with Gasteiger partial charge >= 0.3 is 0 Å². The minimum Gasteiger partial charge on any atom is -0.349 e. The summed E-state index contributed by atoms with van der Waals surface area (Å²) in [4.78, 5) is 41.3. The van der Waals surface area contributed by atoms with E-state index in [9.17, 15) is 14.4 Å². The van der Waals surface area contributed by atoms with Crippen molar-refractivity contribution in [2.24, 2.45) is 0 Å². The zero-order valence-electron chi connectivity index (χ0n) is 17.1. The van der Waals surface area contributed by atoms with Crippen LogP contribution in [-0.4, -0.2) is 22.6 Å². The van der Waals surface area contributed by atoms with Crippen LogP contribution in [0.4, 0.5) is 5.13 Å². The highest BCUT2D eigenvalue weighted by Crippen LogP contribution is 2.31. The second-order valence-corrected chi connectivity index (χ2v) is 8.03. The average molecular weight is 422 g/mol. The molecule has 3 rings (SSSR count). The van der Waals surface area contributed by atoms with Crippen LogP contribution in [0.2, 0.25) is 0 Å². The Morgan fingerprint density at radius 1 is 1.00 bits per heavy atom. The number of nitrogens with one attached hydrogen (secondary N) is 2. The number of rotatable bonds is 7. The maximum absolute atomic E-state index is 12.7. The Morgan fingerprint density at radius 2 is 1.67 bits per heavy atom. The number of hydrogen-bond donors (Lipinski definition) is 2. The molecule has 2 N–H and O–H groups in total. The van der Waals surface area contributed by atoms with Crippen molar-refractivity contribution in [1.82, 2.24) is 10.3 Å². The van der Waals surface area contributed by atoms with E-state index >= 15 is 0 Å². The molecular weight excluding hydrogens is 398 g/mol. The van der Waals surface area contributed by atoms with Gasteiger partial charge in [-0.15, -0.1) is 0 Å². The molecule has 1 heterocycles. The van der Waals surface area contributed by atoms with E-state index in [1.807, 2.05) is 61.5 Å². The van der Waals surface area contributed by atoms with Gasteiger partial charge in [0.05, 0.1) is 23.0 Å². The molecule has 30 heavy (non-hydrogen) atoms. The average Bonchev–Trinajstić information content (AvgIpc) is 3.12. The fraction of sp³-hybridized carbons (Fsp3) is 0.217. The number of hydrogen-bond acceptors (Lipinski definition) is 5. The van der Waals surface area contributed by atoms with Crippen LogP contribution >= 0.6 is 11.3 Å². The van der Waals surface area contributed by atoms with E-state index in [-0.39, 0.29) is 24.0 Å². The molecule has 0 aliphatic heterocycles. The number of ketones is 1. The number of aryl methyl sites for hydroxylation is 1. The predicted octanol–water partition coefficient (Wildman–Crippen LogP) is 4.53. The molecule has 154 valence electrons. The minimum atomic E-state index is -0.455. The molecule has 0 aliphatic rings. The van der Waals surface area contributed by atoms with Gasteiger partial charge in [0.25, 0.3) is 0 Å². The van der Waals surface area contributed by atoms with E-state index in [2.05, 4.69) is 15.6 Å². The lowest BCUT2D eigenvalue weighted by molar-refractivity contribution is -0.120. The molecular formula is C23H23N3O3S. The zero-order valence-corrected chi connectivity index (χ0v) is 17.9. The summed E-state index contributed by atoms with van der Waals surface area (Å²) < 4.78 is 0. The van der Waals surface area contributed by atoms with E-state index in [1.165, 1.54) is 13.8 Å². The van der Waals surface area contributed by atoms with Gasteiger partial charge < -0.3 is 10.6 Å². The van der Waals surface area contributed by atoms with Gasteiger partial charge in [0.15, 0.2) is 10.9 Å². The van der Waals surface area contributed by atoms with Crippen molar-refractivity contribution in [3.63, 3.8) is 0 Å². The van der Waals surface area contributed by atoms with Crippen LogP contribution in [-0.2, 0) is 9.59 Å². The van der Waals surface area contributed by atoms with Crippen LogP contribution in [0, 0.1) is 6.92 Å². The lowest BCUT2D eigenvalue weighted by Gasteiger charge is -2.18. The third-order valence-corrected chi connectivity index (χ3v) is 5.56. The van der Waals surface area contributed by atoms with Crippen molar-refractivity contribution >= 4 is 34.1 Å². The molecule has 2 amide bonds. The molecule has 0 radical (unpaired) electrons. The molecule has 0 bridgehead atoms. The van der Waals surface area contributed by atoms with Gasteiger partial charge in [-0.3, -0.25) is 14.4 Å². The molecule has 0 saturated carbocycles. The Kier molecular flexibility index (Phi) is 6.74. The van der Waals surface area contributed by atoms with E-state index in [0.29, 0.717) is 15.7 Å². The Morgan fingerprint density at radius 3 is 2.27 bits per heavy atom. The number of aromatic nitrogens is 1. The van der Waals surface area contributed by atoms with Gasteiger partial charge in [-0.2, -0.15) is 0 Å². The first-order valence-electron chi connectivity index (χ1n) is 9.54. The lowest BCUT2D eigenvalue weighted by atomic mass is 10.0. The largest absolute Gasteiger partial charge is 0.349 e. The predicted molar refractivity (Wildman–Crippen MR) is 119 cm³/mol. The first-order valence-corrected chi connectivity index (χ1v) is 10.4. The quantitative estimate of drug-likeness (QED) is 0.549. The summed E-state index contributed by atoms with van der Waals surface area (Å²) >= 11 is 1.15. The van der Waals surface area contributed by atoms with Crippen molar-refractivity contribution in [1.29, 1.82) is 0 Å². The normalized spacial score (nSPS) is 11.6. The number of Topliss-reactive ketones (excluding diaryl/α,β-unsaturated/α-hetero) is 1. The fourth-order valence-corrected chi connectivity index (χ4v) is 3.95. The van der Waals surface area contributed by atoms with E-state index < -0.39 is 6.04 Å². The summed E-state index contributed by atoms with van der Waals surface area (Å²) in [6.45, 7) is 4.88. The van der Waals surface area contributed by atoms with Gasteiger partial charge in [-0.05, 0) is 12.5 Å². The Bertz CT molecular complexity index is 1060. The highest BCUT2D eigenvalue weighted by Gasteiger charge is 2.21. The summed E-state index contributed by atoms with van der Waals surface area (Å²) in [6.07, 6.45) is 0.0539. The molecule has 0 spiro atoms. The monoisotopic (exact) mass is 421 g/mol.